The van der Waals surface area contributed by atoms with Crippen molar-refractivity contribution in [2.24, 2.45) is 4.99 Å². The third-order valence-corrected chi connectivity index (χ3v) is 15.5. The standard InChI is InChI=1S/3C6H5.C4H7N3O.Sn/c3*1-2-4-6-5-3-1;1-2-6-4(8)7-3-5;/h3*1-5H;2H2,1H3,(H2,6,7,8);/q;;;;+1/p-1. The second kappa shape index (κ2) is 9.24. The summed E-state index contributed by atoms with van der Waals surface area (Å²) in [6.45, 7) is 2.46. The average Bonchev–Trinajstić information content (AvgIpc) is 2.74. The van der Waals surface area contributed by atoms with Gasteiger partial charge in [-0.1, -0.05) is 0 Å². The first kappa shape index (κ1) is 19.0. The van der Waals surface area contributed by atoms with Crippen molar-refractivity contribution < 1.29 is 3.07 Å². The van der Waals surface area contributed by atoms with Crippen LogP contribution in [0.5, 0.6) is 0 Å². The van der Waals surface area contributed by atoms with Gasteiger partial charge in [-0.2, -0.15) is 0 Å². The van der Waals surface area contributed by atoms with Crippen LogP contribution in [0.1, 0.15) is 6.92 Å². The van der Waals surface area contributed by atoms with Crippen molar-refractivity contribution in [3.05, 3.63) is 91.0 Å². The van der Waals surface area contributed by atoms with Crippen molar-refractivity contribution in [1.29, 1.82) is 5.26 Å². The number of benzene rings is 3. The number of nitriles is 1. The molecule has 0 radical (unpaired) electrons. The minimum absolute atomic E-state index is 0.285. The summed E-state index contributed by atoms with van der Waals surface area (Å²) in [7, 11) is 0. The monoisotopic (exact) mass is 463 g/mol. The van der Waals surface area contributed by atoms with Crippen molar-refractivity contribution in [2.75, 3.05) is 6.54 Å². The van der Waals surface area contributed by atoms with Gasteiger partial charge in [-0.15, -0.1) is 0 Å². The fraction of sp³-hybridized carbons (Fsp3) is 0.0909. The SMILES string of the molecule is CCN=C(NC#N)[O][Sn]([c]1ccccc1)([c]1ccccc1)[c]1ccccc1. The summed E-state index contributed by atoms with van der Waals surface area (Å²) in [5.41, 5.74) is 0. The molecule has 0 spiro atoms. The Morgan fingerprint density at radius 1 is 0.852 bits per heavy atom. The Bertz CT molecular complexity index is 825. The maximum atomic E-state index is 9.17. The Morgan fingerprint density at radius 2 is 1.26 bits per heavy atom. The van der Waals surface area contributed by atoms with Gasteiger partial charge in [0, 0.05) is 0 Å². The van der Waals surface area contributed by atoms with E-state index in [1.807, 2.05) is 67.7 Å². The fourth-order valence-corrected chi connectivity index (χ4v) is 13.8. The summed E-state index contributed by atoms with van der Waals surface area (Å²) >= 11 is -3.91. The van der Waals surface area contributed by atoms with Crippen molar-refractivity contribution in [2.45, 2.75) is 6.92 Å². The molecule has 1 N–H and O–H groups in total. The molecule has 0 aliphatic heterocycles. The van der Waals surface area contributed by atoms with Crippen LogP contribution in [0.2, 0.25) is 0 Å². The molecular formula is C22H21N3OSn. The maximum absolute atomic E-state index is 9.17. The zero-order chi connectivity index (χ0) is 19.0. The van der Waals surface area contributed by atoms with E-state index < -0.39 is 18.8 Å². The topological polar surface area (TPSA) is 57.4 Å². The summed E-state index contributed by atoms with van der Waals surface area (Å²) in [5, 5.41) is 11.8. The van der Waals surface area contributed by atoms with Crippen LogP contribution in [-0.4, -0.2) is 31.4 Å². The number of rotatable bonds is 5. The normalized spacial score (nSPS) is 11.5. The molecule has 0 aliphatic carbocycles. The second-order valence-corrected chi connectivity index (χ2v) is 15.3. The first-order valence-corrected chi connectivity index (χ1v) is 14.3. The van der Waals surface area contributed by atoms with E-state index in [-0.39, 0.29) is 6.02 Å². The van der Waals surface area contributed by atoms with Crippen LogP contribution >= 0.6 is 0 Å². The van der Waals surface area contributed by atoms with Gasteiger partial charge in [-0.05, 0) is 0 Å². The Morgan fingerprint density at radius 3 is 1.59 bits per heavy atom. The molecule has 4 nitrogen and oxygen atoms in total. The predicted octanol–water partition coefficient (Wildman–Crippen LogP) is 2.12. The van der Waals surface area contributed by atoms with E-state index in [9.17, 15) is 5.26 Å². The third-order valence-electron chi connectivity index (χ3n) is 4.26. The molecule has 3 rings (SSSR count). The molecule has 3 aromatic rings. The van der Waals surface area contributed by atoms with Gasteiger partial charge in [0.05, 0.1) is 0 Å². The number of hydrogen-bond donors (Lipinski definition) is 1. The van der Waals surface area contributed by atoms with Gasteiger partial charge < -0.3 is 0 Å². The zero-order valence-electron chi connectivity index (χ0n) is 15.2. The van der Waals surface area contributed by atoms with Gasteiger partial charge in [0.15, 0.2) is 0 Å². The van der Waals surface area contributed by atoms with Crippen molar-refractivity contribution in [1.82, 2.24) is 5.32 Å². The molecule has 0 unspecified atom stereocenters. The molecule has 27 heavy (non-hydrogen) atoms. The van der Waals surface area contributed by atoms with E-state index in [0.29, 0.717) is 6.54 Å². The molecule has 3 aromatic carbocycles. The summed E-state index contributed by atoms with van der Waals surface area (Å²) < 4.78 is 10.2. The molecule has 0 aromatic heterocycles. The first-order chi connectivity index (χ1) is 13.3. The van der Waals surface area contributed by atoms with Crippen LogP contribution in [0.3, 0.4) is 0 Å². The number of aliphatic imine (C=N–C) groups is 1. The molecule has 0 aliphatic rings. The molecule has 0 fully saturated rings. The number of hydrogen-bond acceptors (Lipinski definition) is 3. The molecule has 0 atom stereocenters. The Hall–Kier alpha value is -2.78. The summed E-state index contributed by atoms with van der Waals surface area (Å²) in [4.78, 5) is 4.39. The number of nitrogens with zero attached hydrogens (tertiary/aromatic N) is 2. The zero-order valence-corrected chi connectivity index (χ0v) is 18.0. The first-order valence-electron chi connectivity index (χ1n) is 8.86. The average molecular weight is 462 g/mol. The van der Waals surface area contributed by atoms with Crippen LogP contribution in [0.15, 0.2) is 96.0 Å². The molecule has 0 bridgehead atoms. The van der Waals surface area contributed by atoms with Crippen LogP contribution < -0.4 is 16.1 Å². The van der Waals surface area contributed by atoms with Gasteiger partial charge in [-0.25, -0.2) is 0 Å². The van der Waals surface area contributed by atoms with E-state index in [4.69, 9.17) is 3.07 Å². The van der Waals surface area contributed by atoms with Crippen LogP contribution in [0.4, 0.5) is 0 Å². The summed E-state index contributed by atoms with van der Waals surface area (Å²) in [5.74, 6) is 0. The molecular weight excluding hydrogens is 441 g/mol. The molecule has 0 saturated carbocycles. The minimum atomic E-state index is -3.91. The van der Waals surface area contributed by atoms with E-state index in [1.54, 1.807) is 0 Å². The molecule has 134 valence electrons. The fourth-order valence-electron chi connectivity index (χ4n) is 3.13. The predicted molar refractivity (Wildman–Crippen MR) is 112 cm³/mol. The molecule has 0 heterocycles. The molecule has 0 amide bonds. The van der Waals surface area contributed by atoms with Crippen LogP contribution in [0.25, 0.3) is 0 Å². The third kappa shape index (κ3) is 4.15. The Balaban J connectivity index is 2.29. The van der Waals surface area contributed by atoms with Crippen molar-refractivity contribution >= 4 is 35.6 Å². The van der Waals surface area contributed by atoms with Gasteiger partial charge in [0.25, 0.3) is 0 Å². The number of amidine groups is 1. The Labute approximate surface area is 164 Å². The molecule has 0 saturated heterocycles. The van der Waals surface area contributed by atoms with Gasteiger partial charge in [-0.3, -0.25) is 0 Å². The van der Waals surface area contributed by atoms with Crippen LogP contribution in [0, 0.1) is 11.5 Å². The van der Waals surface area contributed by atoms with E-state index in [0.717, 1.165) is 10.7 Å². The van der Waals surface area contributed by atoms with Gasteiger partial charge in [0.1, 0.15) is 0 Å². The van der Waals surface area contributed by atoms with E-state index in [2.05, 4.69) is 46.7 Å². The molecule has 5 heteroatoms. The van der Waals surface area contributed by atoms with E-state index >= 15 is 0 Å². The van der Waals surface area contributed by atoms with Crippen LogP contribution in [-0.2, 0) is 3.07 Å². The summed E-state index contributed by atoms with van der Waals surface area (Å²) in [6, 6.07) is 31.2. The van der Waals surface area contributed by atoms with Crippen molar-refractivity contribution in [3.8, 4) is 6.19 Å². The summed E-state index contributed by atoms with van der Waals surface area (Å²) in [6.07, 6.45) is 1.96. The van der Waals surface area contributed by atoms with Crippen molar-refractivity contribution in [3.63, 3.8) is 0 Å². The van der Waals surface area contributed by atoms with Gasteiger partial charge >= 0.3 is 165 Å². The Kier molecular flexibility index (Phi) is 6.50. The van der Waals surface area contributed by atoms with Gasteiger partial charge in [0.2, 0.25) is 0 Å². The van der Waals surface area contributed by atoms with E-state index in [1.165, 1.54) is 0 Å². The quantitative estimate of drug-likeness (QED) is 0.208. The number of nitrogens with one attached hydrogen (secondary N) is 1. The second-order valence-electron chi connectivity index (χ2n) is 5.90.